The number of nitrogens with two attached hydrogens (primary N) is 1. The van der Waals surface area contributed by atoms with Gasteiger partial charge in [-0.2, -0.15) is 0 Å². The van der Waals surface area contributed by atoms with E-state index in [1.165, 1.54) is 0 Å². The van der Waals surface area contributed by atoms with Crippen LogP contribution in [0.15, 0.2) is 0 Å². The van der Waals surface area contributed by atoms with Crippen LogP contribution in [0, 0.1) is 0 Å². The van der Waals surface area contributed by atoms with E-state index in [-0.39, 0.29) is 11.9 Å². The summed E-state index contributed by atoms with van der Waals surface area (Å²) in [5.74, 6) is 0.134. The van der Waals surface area contributed by atoms with Crippen LogP contribution in [0.5, 0.6) is 0 Å². The van der Waals surface area contributed by atoms with Crippen LogP contribution in [0.3, 0.4) is 0 Å². The molecule has 3 N–H and O–H groups in total. The quantitative estimate of drug-likeness (QED) is 0.691. The van der Waals surface area contributed by atoms with Gasteiger partial charge in [0.2, 0.25) is 5.91 Å². The minimum atomic E-state index is -0.299. The van der Waals surface area contributed by atoms with Crippen molar-refractivity contribution < 1.29 is 4.79 Å². The van der Waals surface area contributed by atoms with Gasteiger partial charge in [-0.25, -0.2) is 0 Å². The van der Waals surface area contributed by atoms with E-state index in [1.807, 2.05) is 11.9 Å². The summed E-state index contributed by atoms with van der Waals surface area (Å²) in [5, 5.41) is 3.13. The largest absolute Gasteiger partial charge is 0.337 e. The molecule has 0 aromatic carbocycles. The van der Waals surface area contributed by atoms with Gasteiger partial charge in [-0.1, -0.05) is 13.3 Å². The Kier molecular flexibility index (Phi) is 5.05. The lowest BCUT2D eigenvalue weighted by molar-refractivity contribution is -0.133. The maximum absolute atomic E-state index is 12.0. The van der Waals surface area contributed by atoms with Crippen LogP contribution in [0.1, 0.15) is 32.6 Å². The van der Waals surface area contributed by atoms with Crippen molar-refractivity contribution in [3.05, 3.63) is 0 Å². The molecule has 0 spiro atoms. The van der Waals surface area contributed by atoms with Gasteiger partial charge in [0.25, 0.3) is 0 Å². The zero-order chi connectivity index (χ0) is 11.3. The molecule has 4 nitrogen and oxygen atoms in total. The minimum Gasteiger partial charge on any atom is -0.337 e. The van der Waals surface area contributed by atoms with Crippen LogP contribution in [-0.4, -0.2) is 43.0 Å². The summed E-state index contributed by atoms with van der Waals surface area (Å²) in [6.07, 6.45) is 3.97. The molecule has 4 heteroatoms. The zero-order valence-corrected chi connectivity index (χ0v) is 9.83. The fourth-order valence-electron chi connectivity index (χ4n) is 2.22. The van der Waals surface area contributed by atoms with E-state index >= 15 is 0 Å². The number of carbonyl (C=O) groups excluding carboxylic acids is 1. The van der Waals surface area contributed by atoms with Crippen molar-refractivity contribution in [3.8, 4) is 0 Å². The Hall–Kier alpha value is -0.610. The average molecular weight is 213 g/mol. The van der Waals surface area contributed by atoms with Crippen LogP contribution in [0.4, 0.5) is 0 Å². The average Bonchev–Trinajstić information content (AvgIpc) is 2.66. The summed E-state index contributed by atoms with van der Waals surface area (Å²) in [6.45, 7) is 3.81. The van der Waals surface area contributed by atoms with Crippen LogP contribution in [-0.2, 0) is 4.79 Å². The molecule has 1 amide bonds. The Morgan fingerprint density at radius 1 is 1.67 bits per heavy atom. The highest BCUT2D eigenvalue weighted by molar-refractivity contribution is 5.82. The smallest absolute Gasteiger partial charge is 0.239 e. The van der Waals surface area contributed by atoms with Crippen LogP contribution in [0.25, 0.3) is 0 Å². The molecule has 0 radical (unpaired) electrons. The molecule has 0 aromatic heterocycles. The molecule has 1 saturated heterocycles. The summed E-state index contributed by atoms with van der Waals surface area (Å²) in [7, 11) is 1.92. The Morgan fingerprint density at radius 3 is 3.00 bits per heavy atom. The van der Waals surface area contributed by atoms with E-state index in [0.29, 0.717) is 6.04 Å². The van der Waals surface area contributed by atoms with Gasteiger partial charge in [0.1, 0.15) is 0 Å². The molecule has 88 valence electrons. The predicted octanol–water partition coefficient (Wildman–Crippen LogP) is 0.324. The molecule has 0 aliphatic carbocycles. The summed E-state index contributed by atoms with van der Waals surface area (Å²) in [4.78, 5) is 13.9. The lowest BCUT2D eigenvalue weighted by atomic mass is 10.1. The molecular weight excluding hydrogens is 190 g/mol. The van der Waals surface area contributed by atoms with Gasteiger partial charge in [-0.05, 0) is 26.3 Å². The normalized spacial score (nSPS) is 23.1. The molecule has 1 rings (SSSR count). The number of amides is 1. The Labute approximate surface area is 92.2 Å². The molecule has 1 aliphatic heterocycles. The summed E-state index contributed by atoms with van der Waals surface area (Å²) in [5.41, 5.74) is 5.85. The standard InChI is InChI=1S/C11H23N3O/c1-3-5-10(12)11(15)14-7-4-6-9(14)8-13-2/h9-10,13H,3-8,12H2,1-2H3. The van der Waals surface area contributed by atoms with Crippen molar-refractivity contribution in [1.82, 2.24) is 10.2 Å². The second kappa shape index (κ2) is 6.08. The first-order valence-corrected chi connectivity index (χ1v) is 5.91. The number of nitrogens with zero attached hydrogens (tertiary/aromatic N) is 1. The topological polar surface area (TPSA) is 58.4 Å². The molecule has 1 fully saturated rings. The molecule has 15 heavy (non-hydrogen) atoms. The first kappa shape index (κ1) is 12.5. The van der Waals surface area contributed by atoms with Crippen LogP contribution >= 0.6 is 0 Å². The Morgan fingerprint density at radius 2 is 2.40 bits per heavy atom. The van der Waals surface area contributed by atoms with Crippen LogP contribution in [0.2, 0.25) is 0 Å². The number of carbonyl (C=O) groups is 1. The molecule has 2 atom stereocenters. The summed E-state index contributed by atoms with van der Waals surface area (Å²) >= 11 is 0. The Bertz CT molecular complexity index is 208. The van der Waals surface area contributed by atoms with Crippen molar-refractivity contribution in [1.29, 1.82) is 0 Å². The highest BCUT2D eigenvalue weighted by atomic mass is 16.2. The summed E-state index contributed by atoms with van der Waals surface area (Å²) < 4.78 is 0. The first-order valence-electron chi connectivity index (χ1n) is 5.91. The highest BCUT2D eigenvalue weighted by Gasteiger charge is 2.30. The fraction of sp³-hybridized carbons (Fsp3) is 0.909. The third kappa shape index (κ3) is 3.18. The molecular formula is C11H23N3O. The molecule has 2 unspecified atom stereocenters. The van der Waals surface area contributed by atoms with Gasteiger partial charge in [0.05, 0.1) is 6.04 Å². The Balaban J connectivity index is 2.50. The lowest BCUT2D eigenvalue weighted by Crippen LogP contribution is -2.48. The lowest BCUT2D eigenvalue weighted by Gasteiger charge is -2.27. The number of hydrogen-bond acceptors (Lipinski definition) is 3. The van der Waals surface area contributed by atoms with Gasteiger partial charge >= 0.3 is 0 Å². The molecule has 1 heterocycles. The third-order valence-corrected chi connectivity index (χ3v) is 3.02. The van der Waals surface area contributed by atoms with Gasteiger partial charge in [-0.3, -0.25) is 4.79 Å². The maximum Gasteiger partial charge on any atom is 0.239 e. The number of likely N-dealkylation sites (tertiary alicyclic amines) is 1. The van der Waals surface area contributed by atoms with Gasteiger partial charge in [0.15, 0.2) is 0 Å². The van der Waals surface area contributed by atoms with E-state index in [0.717, 1.165) is 38.8 Å². The van der Waals surface area contributed by atoms with Crippen molar-refractivity contribution in [2.75, 3.05) is 20.1 Å². The van der Waals surface area contributed by atoms with E-state index in [4.69, 9.17) is 5.73 Å². The molecule has 1 aliphatic rings. The molecule has 0 bridgehead atoms. The van der Waals surface area contributed by atoms with Crippen LogP contribution < -0.4 is 11.1 Å². The second-order valence-corrected chi connectivity index (χ2v) is 4.28. The summed E-state index contributed by atoms with van der Waals surface area (Å²) in [6, 6.07) is 0.0536. The van der Waals surface area contributed by atoms with Gasteiger partial charge in [-0.15, -0.1) is 0 Å². The van der Waals surface area contributed by atoms with Gasteiger partial charge < -0.3 is 16.0 Å². The van der Waals surface area contributed by atoms with E-state index in [9.17, 15) is 4.79 Å². The van der Waals surface area contributed by atoms with Gasteiger partial charge in [0, 0.05) is 19.1 Å². The van der Waals surface area contributed by atoms with E-state index in [2.05, 4.69) is 12.2 Å². The minimum absolute atomic E-state index is 0.134. The zero-order valence-electron chi connectivity index (χ0n) is 9.83. The highest BCUT2D eigenvalue weighted by Crippen LogP contribution is 2.18. The fourth-order valence-corrected chi connectivity index (χ4v) is 2.22. The monoisotopic (exact) mass is 213 g/mol. The van der Waals surface area contributed by atoms with Crippen molar-refractivity contribution in [2.45, 2.75) is 44.7 Å². The van der Waals surface area contributed by atoms with Crippen molar-refractivity contribution >= 4 is 5.91 Å². The van der Waals surface area contributed by atoms with E-state index < -0.39 is 0 Å². The molecule has 0 saturated carbocycles. The number of likely N-dealkylation sites (N-methyl/N-ethyl adjacent to an activating group) is 1. The van der Waals surface area contributed by atoms with Crippen molar-refractivity contribution in [3.63, 3.8) is 0 Å². The van der Waals surface area contributed by atoms with Crippen molar-refractivity contribution in [2.24, 2.45) is 5.73 Å². The number of rotatable bonds is 5. The number of hydrogen-bond donors (Lipinski definition) is 2. The SMILES string of the molecule is CCCC(N)C(=O)N1CCCC1CNC. The third-order valence-electron chi connectivity index (χ3n) is 3.02. The maximum atomic E-state index is 12.0. The van der Waals surface area contributed by atoms with E-state index in [1.54, 1.807) is 0 Å². The predicted molar refractivity (Wildman–Crippen MR) is 61.5 cm³/mol. The number of nitrogens with one attached hydrogen (secondary N) is 1. The second-order valence-electron chi connectivity index (χ2n) is 4.28. The first-order chi connectivity index (χ1) is 7.20. The molecule has 0 aromatic rings.